The van der Waals surface area contributed by atoms with Crippen molar-refractivity contribution in [2.45, 2.75) is 11.8 Å². The summed E-state index contributed by atoms with van der Waals surface area (Å²) in [6.07, 6.45) is 1.29. The average Bonchev–Trinajstić information content (AvgIpc) is 3.17. The predicted molar refractivity (Wildman–Crippen MR) is 102 cm³/mol. The van der Waals surface area contributed by atoms with E-state index in [4.69, 9.17) is 4.18 Å². The second-order valence-corrected chi connectivity index (χ2v) is 7.82. The monoisotopic (exact) mass is 397 g/mol. The summed E-state index contributed by atoms with van der Waals surface area (Å²) in [5, 5.41) is 0.446. The highest BCUT2D eigenvalue weighted by molar-refractivity contribution is 7.87. The first kappa shape index (κ1) is 18.0. The summed E-state index contributed by atoms with van der Waals surface area (Å²) in [6, 6.07) is 12.9. The molecule has 2 heterocycles. The van der Waals surface area contributed by atoms with Crippen molar-refractivity contribution in [2.24, 2.45) is 0 Å². The number of hydrogen-bond donors (Lipinski definition) is 0. The molecule has 142 valence electrons. The second-order valence-electron chi connectivity index (χ2n) is 6.27. The minimum atomic E-state index is -4.14. The van der Waals surface area contributed by atoms with Gasteiger partial charge in [-0.3, -0.25) is 9.36 Å². The van der Waals surface area contributed by atoms with Crippen molar-refractivity contribution in [1.29, 1.82) is 0 Å². The van der Waals surface area contributed by atoms with Gasteiger partial charge in [-0.25, -0.2) is 4.79 Å². The first-order chi connectivity index (χ1) is 13.3. The number of aryl methyl sites for hydroxylation is 1. The molecule has 0 unspecified atom stereocenters. The third kappa shape index (κ3) is 2.69. The predicted octanol–water partition coefficient (Wildman–Crippen LogP) is 2.93. The van der Waals surface area contributed by atoms with Crippen LogP contribution in [0.3, 0.4) is 0 Å². The van der Waals surface area contributed by atoms with Crippen LogP contribution in [0.4, 0.5) is 0 Å². The van der Waals surface area contributed by atoms with Crippen LogP contribution in [0.1, 0.15) is 16.1 Å². The molecule has 0 N–H and O–H groups in total. The van der Waals surface area contributed by atoms with Crippen molar-refractivity contribution in [1.82, 2.24) is 4.57 Å². The molecular weight excluding hydrogens is 382 g/mol. The second kappa shape index (κ2) is 6.35. The molecule has 2 aromatic carbocycles. The van der Waals surface area contributed by atoms with Crippen molar-refractivity contribution < 1.29 is 26.9 Å². The molecule has 0 atom stereocenters. The molecule has 3 aromatic rings. The van der Waals surface area contributed by atoms with E-state index in [9.17, 15) is 18.0 Å². The average molecular weight is 397 g/mol. The summed E-state index contributed by atoms with van der Waals surface area (Å²) < 4.78 is 36.9. The summed E-state index contributed by atoms with van der Waals surface area (Å²) >= 11 is 0. The number of ether oxygens (including phenoxy) is 1. The molecule has 0 saturated carbocycles. The highest BCUT2D eigenvalue weighted by Gasteiger charge is 2.35. The largest absolute Gasteiger partial charge is 0.465 e. The molecule has 0 saturated heterocycles. The highest BCUT2D eigenvalue weighted by atomic mass is 32.2. The smallest absolute Gasteiger partial charge is 0.343 e. The Kier molecular flexibility index (Phi) is 4.08. The van der Waals surface area contributed by atoms with Crippen LogP contribution >= 0.6 is 0 Å². The first-order valence-corrected chi connectivity index (χ1v) is 9.73. The lowest BCUT2D eigenvalue weighted by atomic mass is 10.2. The molecule has 8 heteroatoms. The summed E-state index contributed by atoms with van der Waals surface area (Å²) in [4.78, 5) is 24.6. The maximum absolute atomic E-state index is 12.8. The molecule has 0 amide bonds. The molecule has 0 aliphatic carbocycles. The lowest BCUT2D eigenvalue weighted by Crippen LogP contribution is -2.16. The molecule has 1 aliphatic heterocycles. The Morgan fingerprint density at radius 1 is 1.04 bits per heavy atom. The van der Waals surface area contributed by atoms with E-state index < -0.39 is 22.0 Å². The molecule has 1 aliphatic rings. The first-order valence-electron chi connectivity index (χ1n) is 8.33. The Morgan fingerprint density at radius 2 is 1.71 bits per heavy atom. The van der Waals surface area contributed by atoms with Gasteiger partial charge in [0.2, 0.25) is 0 Å². The van der Waals surface area contributed by atoms with Crippen LogP contribution < -0.4 is 4.18 Å². The van der Waals surface area contributed by atoms with E-state index in [-0.39, 0.29) is 21.9 Å². The maximum Gasteiger partial charge on any atom is 0.343 e. The minimum absolute atomic E-state index is 0.0105. The van der Waals surface area contributed by atoms with Gasteiger partial charge in [-0.05, 0) is 37.3 Å². The van der Waals surface area contributed by atoms with E-state index in [2.05, 4.69) is 4.74 Å². The van der Waals surface area contributed by atoms with Crippen LogP contribution in [0.2, 0.25) is 0 Å². The Morgan fingerprint density at radius 3 is 2.39 bits per heavy atom. The SMILES string of the molecule is COC(=O)C1=Cc2c(OS(=O)(=O)c3ccc(C)cc3)c3ccccc3n2C1=O. The van der Waals surface area contributed by atoms with Crippen molar-refractivity contribution >= 4 is 39.0 Å². The number of hydrogen-bond acceptors (Lipinski definition) is 6. The normalized spacial score (nSPS) is 13.4. The number of rotatable bonds is 4. The Bertz CT molecular complexity index is 1270. The molecule has 4 rings (SSSR count). The van der Waals surface area contributed by atoms with Crippen LogP contribution in [0.5, 0.6) is 5.75 Å². The fourth-order valence-electron chi connectivity index (χ4n) is 3.10. The molecule has 0 spiro atoms. The van der Waals surface area contributed by atoms with Crippen molar-refractivity contribution in [3.63, 3.8) is 0 Å². The number of fused-ring (bicyclic) bond motifs is 3. The zero-order chi connectivity index (χ0) is 20.1. The molecule has 0 radical (unpaired) electrons. The zero-order valence-corrected chi connectivity index (χ0v) is 15.8. The van der Waals surface area contributed by atoms with Gasteiger partial charge in [0.05, 0.1) is 18.3 Å². The van der Waals surface area contributed by atoms with E-state index in [1.54, 1.807) is 36.4 Å². The van der Waals surface area contributed by atoms with E-state index in [0.717, 1.165) is 5.56 Å². The lowest BCUT2D eigenvalue weighted by molar-refractivity contribution is -0.135. The van der Waals surface area contributed by atoms with Crippen LogP contribution in [0, 0.1) is 6.92 Å². The number of carbonyl (C=O) groups excluding carboxylic acids is 2. The fourth-order valence-corrected chi connectivity index (χ4v) is 4.06. The topological polar surface area (TPSA) is 91.7 Å². The van der Waals surface area contributed by atoms with Gasteiger partial charge < -0.3 is 8.92 Å². The summed E-state index contributed by atoms with van der Waals surface area (Å²) in [7, 11) is -2.98. The third-order valence-electron chi connectivity index (χ3n) is 4.49. The minimum Gasteiger partial charge on any atom is -0.465 e. The Hall–Kier alpha value is -3.39. The molecular formula is C20H15NO6S. The Balaban J connectivity index is 1.89. The van der Waals surface area contributed by atoms with Crippen molar-refractivity contribution in [2.75, 3.05) is 7.11 Å². The van der Waals surface area contributed by atoms with E-state index in [0.29, 0.717) is 10.9 Å². The quantitative estimate of drug-likeness (QED) is 0.382. The number of para-hydroxylation sites is 1. The zero-order valence-electron chi connectivity index (χ0n) is 15.0. The van der Waals surface area contributed by atoms with Gasteiger partial charge in [0.1, 0.15) is 10.5 Å². The van der Waals surface area contributed by atoms with Gasteiger partial charge in [-0.15, -0.1) is 0 Å². The van der Waals surface area contributed by atoms with Crippen LogP contribution in [0.15, 0.2) is 59.0 Å². The maximum atomic E-state index is 12.8. The number of benzene rings is 2. The van der Waals surface area contributed by atoms with E-state index in [1.165, 1.54) is 29.9 Å². The summed E-state index contributed by atoms with van der Waals surface area (Å²) in [5.74, 6) is -1.41. The highest BCUT2D eigenvalue weighted by Crippen LogP contribution is 2.40. The van der Waals surface area contributed by atoms with Crippen LogP contribution in [-0.2, 0) is 19.6 Å². The molecule has 28 heavy (non-hydrogen) atoms. The lowest BCUT2D eigenvalue weighted by Gasteiger charge is -2.07. The van der Waals surface area contributed by atoms with Crippen molar-refractivity contribution in [3.8, 4) is 5.75 Å². The van der Waals surface area contributed by atoms with E-state index in [1.807, 2.05) is 6.92 Å². The van der Waals surface area contributed by atoms with Gasteiger partial charge in [0, 0.05) is 5.39 Å². The number of nitrogens with zero attached hydrogens (tertiary/aromatic N) is 1. The van der Waals surface area contributed by atoms with Crippen molar-refractivity contribution in [3.05, 3.63) is 65.4 Å². The molecule has 7 nitrogen and oxygen atoms in total. The van der Waals surface area contributed by atoms with E-state index >= 15 is 0 Å². The molecule has 1 aromatic heterocycles. The number of carbonyl (C=O) groups is 2. The van der Waals surface area contributed by atoms with Gasteiger partial charge in [-0.2, -0.15) is 8.42 Å². The summed E-state index contributed by atoms with van der Waals surface area (Å²) in [6.45, 7) is 1.84. The number of esters is 1. The number of aromatic nitrogens is 1. The molecule has 0 bridgehead atoms. The third-order valence-corrected chi connectivity index (χ3v) is 5.72. The number of methoxy groups -OCH3 is 1. The van der Waals surface area contributed by atoms with Gasteiger partial charge in [0.15, 0.2) is 5.75 Å². The summed E-state index contributed by atoms with van der Waals surface area (Å²) in [5.41, 5.74) is 1.33. The molecule has 0 fully saturated rings. The van der Waals surface area contributed by atoms with Crippen LogP contribution in [-0.4, -0.2) is 32.0 Å². The standard InChI is InChI=1S/C20H15NO6S/c1-12-7-9-13(10-8-12)28(24,25)27-18-14-5-3-4-6-16(14)21-17(18)11-15(19(21)22)20(23)26-2/h3-11H,1-2H3. The van der Waals surface area contributed by atoms with Gasteiger partial charge >= 0.3 is 16.1 Å². The Labute approximate surface area is 160 Å². The van der Waals surface area contributed by atoms with Crippen LogP contribution in [0.25, 0.3) is 17.0 Å². The fraction of sp³-hybridized carbons (Fsp3) is 0.100. The van der Waals surface area contributed by atoms with Gasteiger partial charge in [-0.1, -0.05) is 29.8 Å². The van der Waals surface area contributed by atoms with Gasteiger partial charge in [0.25, 0.3) is 5.91 Å².